The third-order valence-corrected chi connectivity index (χ3v) is 8.78. The number of H-pyrrole nitrogens is 1. The number of piperidine rings is 2. The lowest BCUT2D eigenvalue weighted by molar-refractivity contribution is -0.153. The molecule has 5 fully saturated rings. The Morgan fingerprint density at radius 3 is 2.66 bits per heavy atom. The van der Waals surface area contributed by atoms with Crippen LogP contribution in [0.2, 0.25) is 0 Å². The number of halogens is 1. The number of nitrogens with one attached hydrogen (secondary N) is 2. The van der Waals surface area contributed by atoms with E-state index in [9.17, 15) is 9.59 Å². The highest BCUT2D eigenvalue weighted by Crippen LogP contribution is 2.52. The summed E-state index contributed by atoms with van der Waals surface area (Å²) < 4.78 is 0. The third kappa shape index (κ3) is 3.35. The van der Waals surface area contributed by atoms with Crippen molar-refractivity contribution in [2.24, 2.45) is 5.92 Å². The summed E-state index contributed by atoms with van der Waals surface area (Å²) in [4.78, 5) is 31.3. The highest BCUT2D eigenvalue weighted by molar-refractivity contribution is 6.27. The highest BCUT2D eigenvalue weighted by Gasteiger charge is 2.56. The lowest BCUT2D eigenvalue weighted by Crippen LogP contribution is -2.70. The van der Waals surface area contributed by atoms with Crippen LogP contribution < -0.4 is 5.32 Å². The van der Waals surface area contributed by atoms with Gasteiger partial charge in [0.25, 0.3) is 0 Å². The van der Waals surface area contributed by atoms with Crippen molar-refractivity contribution in [3.63, 3.8) is 0 Å². The normalized spacial score (nSPS) is 31.8. The molecule has 2 aromatic rings. The van der Waals surface area contributed by atoms with Gasteiger partial charge in [-0.05, 0) is 79.9 Å². The van der Waals surface area contributed by atoms with Gasteiger partial charge in [0.2, 0.25) is 11.8 Å². The zero-order chi connectivity index (χ0) is 22.0. The van der Waals surface area contributed by atoms with E-state index in [0.29, 0.717) is 18.3 Å². The van der Waals surface area contributed by atoms with Gasteiger partial charge in [-0.25, -0.2) is 0 Å². The van der Waals surface area contributed by atoms with Gasteiger partial charge in [0.05, 0.1) is 0 Å². The summed E-state index contributed by atoms with van der Waals surface area (Å²) in [5, 5.41) is 4.57. The summed E-state index contributed by atoms with van der Waals surface area (Å²) in [5.41, 5.74) is 3.77. The average molecular weight is 454 g/mol. The van der Waals surface area contributed by atoms with Crippen LogP contribution >= 0.6 is 11.6 Å². The monoisotopic (exact) mass is 453 g/mol. The molecule has 3 atom stereocenters. The van der Waals surface area contributed by atoms with Gasteiger partial charge in [-0.15, -0.1) is 11.6 Å². The lowest BCUT2D eigenvalue weighted by Gasteiger charge is -2.61. The van der Waals surface area contributed by atoms with Crippen molar-refractivity contribution in [1.82, 2.24) is 15.2 Å². The molecular weight excluding hydrogens is 422 g/mol. The maximum absolute atomic E-state index is 13.6. The molecule has 3 aliphatic carbocycles. The van der Waals surface area contributed by atoms with Gasteiger partial charge in [-0.1, -0.05) is 19.1 Å². The van der Waals surface area contributed by atoms with Crippen LogP contribution in [0.4, 0.5) is 0 Å². The number of benzene rings is 1. The molecule has 1 aromatic carbocycles. The van der Waals surface area contributed by atoms with Crippen LogP contribution in [-0.4, -0.2) is 45.2 Å². The van der Waals surface area contributed by atoms with Crippen LogP contribution in [0, 0.1) is 5.92 Å². The maximum Gasteiger partial charge on any atom is 0.235 e. The van der Waals surface area contributed by atoms with Crippen LogP contribution in [0.15, 0.2) is 24.4 Å². The fraction of sp³-hybridized carbons (Fsp3) is 0.615. The second-order valence-electron chi connectivity index (χ2n) is 10.9. The Morgan fingerprint density at radius 2 is 1.97 bits per heavy atom. The first-order valence-electron chi connectivity index (χ1n) is 12.2. The van der Waals surface area contributed by atoms with Gasteiger partial charge in [-0.3, -0.25) is 9.59 Å². The molecular formula is C26H32ClN3O2. The molecule has 5 nitrogen and oxygen atoms in total. The molecule has 0 radical (unpaired) electrons. The number of hydrogen-bond acceptors (Lipinski definition) is 2. The zero-order valence-corrected chi connectivity index (χ0v) is 19.5. The molecule has 5 aliphatic rings. The van der Waals surface area contributed by atoms with Crippen LogP contribution in [0.25, 0.3) is 10.9 Å². The predicted octanol–water partition coefficient (Wildman–Crippen LogP) is 4.81. The maximum atomic E-state index is 13.6. The highest BCUT2D eigenvalue weighted by atomic mass is 35.5. The number of aromatic amines is 1. The van der Waals surface area contributed by atoms with Gasteiger partial charge >= 0.3 is 0 Å². The molecule has 6 heteroatoms. The number of carbonyl (C=O) groups excluding carboxylic acids is 2. The molecule has 170 valence electrons. The quantitative estimate of drug-likeness (QED) is 0.616. The smallest absolute Gasteiger partial charge is 0.235 e. The Bertz CT molecular complexity index is 1060. The first-order valence-corrected chi connectivity index (χ1v) is 12.8. The summed E-state index contributed by atoms with van der Waals surface area (Å²) in [6, 6.07) is 7.06. The molecule has 7 rings (SSSR count). The van der Waals surface area contributed by atoms with Gasteiger partial charge in [0.1, 0.15) is 5.88 Å². The van der Waals surface area contributed by atoms with Gasteiger partial charge in [-0.2, -0.15) is 0 Å². The van der Waals surface area contributed by atoms with E-state index < -0.39 is 0 Å². The number of alkyl halides is 1. The minimum absolute atomic E-state index is 0.00930. The van der Waals surface area contributed by atoms with E-state index in [1.807, 2.05) is 0 Å². The Kier molecular flexibility index (Phi) is 4.83. The number of amides is 2. The molecule has 4 bridgehead atoms. The van der Waals surface area contributed by atoms with E-state index >= 15 is 0 Å². The topological polar surface area (TPSA) is 65.2 Å². The van der Waals surface area contributed by atoms with Gasteiger partial charge in [0, 0.05) is 41.1 Å². The number of nitrogens with zero attached hydrogens (tertiary/aromatic N) is 1. The third-order valence-electron chi connectivity index (χ3n) is 8.54. The second kappa shape index (κ2) is 7.51. The molecule has 2 N–H and O–H groups in total. The summed E-state index contributed by atoms with van der Waals surface area (Å²) in [7, 11) is 0. The van der Waals surface area contributed by atoms with Crippen LogP contribution in [0.1, 0.15) is 81.3 Å². The predicted molar refractivity (Wildman–Crippen MR) is 126 cm³/mol. The van der Waals surface area contributed by atoms with Crippen LogP contribution in [0.5, 0.6) is 0 Å². The molecule has 3 heterocycles. The summed E-state index contributed by atoms with van der Waals surface area (Å²) in [6.45, 7) is 2.20. The van der Waals surface area contributed by atoms with Crippen molar-refractivity contribution in [2.75, 3.05) is 5.88 Å². The Labute approximate surface area is 194 Å². The molecule has 32 heavy (non-hydrogen) atoms. The Morgan fingerprint density at radius 1 is 1.22 bits per heavy atom. The molecule has 1 aromatic heterocycles. The van der Waals surface area contributed by atoms with E-state index in [-0.39, 0.29) is 41.2 Å². The van der Waals surface area contributed by atoms with Crippen LogP contribution in [0.3, 0.4) is 0 Å². The van der Waals surface area contributed by atoms with Crippen molar-refractivity contribution in [3.05, 3.63) is 35.5 Å². The summed E-state index contributed by atoms with van der Waals surface area (Å²) in [6.07, 6.45) is 10.2. The lowest BCUT2D eigenvalue weighted by atomic mass is 9.59. The first kappa shape index (κ1) is 20.6. The Balaban J connectivity index is 1.21. The number of rotatable bonds is 6. The van der Waals surface area contributed by atoms with Gasteiger partial charge < -0.3 is 15.2 Å². The largest absolute Gasteiger partial charge is 0.361 e. The average Bonchev–Trinajstić information content (AvgIpc) is 3.50. The van der Waals surface area contributed by atoms with Crippen LogP contribution in [-0.2, 0) is 9.59 Å². The standard InChI is InChI=1S/C26H32ClN3O2/c1-15(21-14-28-22-4-2-3-20(25(21)22)17-5-6-17)7-24(32)30-18-8-16-9-19(30)12-26(10-16,11-18)29-23(31)13-27/h2-4,14-19,28H,5-13H2,1H3,(H,29,31). The second-order valence-corrected chi connectivity index (χ2v) is 11.2. The van der Waals surface area contributed by atoms with E-state index in [1.165, 1.54) is 34.9 Å². The van der Waals surface area contributed by atoms with Crippen molar-refractivity contribution in [3.8, 4) is 0 Å². The molecule has 2 amide bonds. The van der Waals surface area contributed by atoms with Crippen molar-refractivity contribution in [1.29, 1.82) is 0 Å². The Hall–Kier alpha value is -2.01. The van der Waals surface area contributed by atoms with Crippen molar-refractivity contribution < 1.29 is 9.59 Å². The fourth-order valence-electron chi connectivity index (χ4n) is 7.36. The van der Waals surface area contributed by atoms with E-state index in [1.54, 1.807) is 0 Å². The zero-order valence-electron chi connectivity index (χ0n) is 18.7. The van der Waals surface area contributed by atoms with E-state index in [2.05, 4.69) is 46.5 Å². The molecule has 3 unspecified atom stereocenters. The summed E-state index contributed by atoms with van der Waals surface area (Å²) in [5.74, 6) is 1.69. The minimum atomic E-state index is -0.152. The molecule has 0 spiro atoms. The minimum Gasteiger partial charge on any atom is -0.361 e. The fourth-order valence-corrected chi connectivity index (χ4v) is 7.42. The first-order chi connectivity index (χ1) is 15.5. The van der Waals surface area contributed by atoms with Crippen molar-refractivity contribution >= 4 is 34.3 Å². The number of hydrogen-bond donors (Lipinski definition) is 2. The molecule has 3 saturated carbocycles. The van der Waals surface area contributed by atoms with E-state index in [4.69, 9.17) is 11.6 Å². The molecule has 2 aliphatic heterocycles. The van der Waals surface area contributed by atoms with Crippen molar-refractivity contribution in [2.45, 2.75) is 87.7 Å². The number of carbonyl (C=O) groups is 2. The molecule has 2 saturated heterocycles. The number of fused-ring (bicyclic) bond motifs is 1. The van der Waals surface area contributed by atoms with Gasteiger partial charge in [0.15, 0.2) is 0 Å². The summed E-state index contributed by atoms with van der Waals surface area (Å²) >= 11 is 5.77. The van der Waals surface area contributed by atoms with E-state index in [0.717, 1.165) is 32.1 Å². The SMILES string of the molecule is CC(CC(=O)N1C2CC3CC1CC(NC(=O)CCl)(C3)C2)c1c[nH]c2cccc(C3CC3)c12. The number of aromatic nitrogens is 1.